The Balaban J connectivity index is 1.38. The molecule has 1 aliphatic heterocycles. The van der Waals surface area contributed by atoms with Gasteiger partial charge in [-0.2, -0.15) is 0 Å². The highest BCUT2D eigenvalue weighted by Gasteiger charge is 2.12. The van der Waals surface area contributed by atoms with Gasteiger partial charge in [0.15, 0.2) is 11.5 Å². The van der Waals surface area contributed by atoms with Crippen LogP contribution >= 0.6 is 11.8 Å². The fourth-order valence-electron chi connectivity index (χ4n) is 2.84. The molecule has 0 spiro atoms. The van der Waals surface area contributed by atoms with Crippen LogP contribution in [0, 0.1) is 0 Å². The molecule has 0 aromatic heterocycles. The lowest BCUT2D eigenvalue weighted by molar-refractivity contribution is -0.113. The molecule has 0 unspecified atom stereocenters. The molecule has 1 heterocycles. The first kappa shape index (κ1) is 16.8. The largest absolute Gasteiger partial charge is 0.490 e. The van der Waals surface area contributed by atoms with Crippen LogP contribution in [0.15, 0.2) is 65.6 Å². The minimum Gasteiger partial charge on any atom is -0.490 e. The van der Waals surface area contributed by atoms with Crippen LogP contribution in [-0.2, 0) is 4.79 Å². The molecule has 1 amide bonds. The number of rotatable bonds is 4. The van der Waals surface area contributed by atoms with E-state index >= 15 is 0 Å². The summed E-state index contributed by atoms with van der Waals surface area (Å²) >= 11 is 1.53. The first-order valence-electron chi connectivity index (χ1n) is 8.59. The SMILES string of the molecule is O=C(CSc1ccc2ccccc2c1)Nc1ccc2c(c1)OCCCO2. The molecular formula is C21H19NO3S. The van der Waals surface area contributed by atoms with Crippen molar-refractivity contribution >= 4 is 34.1 Å². The molecule has 4 nitrogen and oxygen atoms in total. The lowest BCUT2D eigenvalue weighted by Crippen LogP contribution is -2.14. The zero-order valence-corrected chi connectivity index (χ0v) is 15.1. The summed E-state index contributed by atoms with van der Waals surface area (Å²) < 4.78 is 11.3. The van der Waals surface area contributed by atoms with Crippen molar-refractivity contribution in [1.82, 2.24) is 0 Å². The van der Waals surface area contributed by atoms with Gasteiger partial charge in [-0.15, -0.1) is 11.8 Å². The predicted octanol–water partition coefficient (Wildman–Crippen LogP) is 4.73. The maximum atomic E-state index is 12.3. The maximum Gasteiger partial charge on any atom is 0.234 e. The molecule has 4 rings (SSSR count). The summed E-state index contributed by atoms with van der Waals surface area (Å²) in [7, 11) is 0. The molecule has 5 heteroatoms. The smallest absolute Gasteiger partial charge is 0.234 e. The number of carbonyl (C=O) groups is 1. The van der Waals surface area contributed by atoms with Gasteiger partial charge in [-0.25, -0.2) is 0 Å². The van der Waals surface area contributed by atoms with E-state index in [1.165, 1.54) is 22.5 Å². The van der Waals surface area contributed by atoms with Gasteiger partial charge >= 0.3 is 0 Å². The Morgan fingerprint density at radius 1 is 0.923 bits per heavy atom. The number of benzene rings is 3. The van der Waals surface area contributed by atoms with Crippen molar-refractivity contribution in [2.45, 2.75) is 11.3 Å². The number of hydrogen-bond donors (Lipinski definition) is 1. The fourth-order valence-corrected chi connectivity index (χ4v) is 3.59. The summed E-state index contributed by atoms with van der Waals surface area (Å²) in [5, 5.41) is 5.31. The predicted molar refractivity (Wildman–Crippen MR) is 105 cm³/mol. The first-order chi connectivity index (χ1) is 12.8. The van der Waals surface area contributed by atoms with E-state index in [0.29, 0.717) is 24.7 Å². The number of thioether (sulfide) groups is 1. The fraction of sp³-hybridized carbons (Fsp3) is 0.190. The molecule has 3 aromatic rings. The molecule has 132 valence electrons. The number of hydrogen-bond acceptors (Lipinski definition) is 4. The van der Waals surface area contributed by atoms with Crippen molar-refractivity contribution in [3.05, 3.63) is 60.7 Å². The van der Waals surface area contributed by atoms with Crippen LogP contribution in [0.1, 0.15) is 6.42 Å². The van der Waals surface area contributed by atoms with E-state index in [-0.39, 0.29) is 5.91 Å². The summed E-state index contributed by atoms with van der Waals surface area (Å²) in [6, 6.07) is 20.0. The van der Waals surface area contributed by atoms with Crippen molar-refractivity contribution in [1.29, 1.82) is 0 Å². The Morgan fingerprint density at radius 3 is 2.62 bits per heavy atom. The summed E-state index contributed by atoms with van der Waals surface area (Å²) in [5.41, 5.74) is 0.721. The zero-order chi connectivity index (χ0) is 17.8. The van der Waals surface area contributed by atoms with E-state index in [9.17, 15) is 4.79 Å². The lowest BCUT2D eigenvalue weighted by atomic mass is 10.1. The van der Waals surface area contributed by atoms with E-state index in [1.807, 2.05) is 36.4 Å². The van der Waals surface area contributed by atoms with E-state index in [4.69, 9.17) is 9.47 Å². The molecule has 1 N–H and O–H groups in total. The number of anilines is 1. The summed E-state index contributed by atoms with van der Waals surface area (Å²) in [5.74, 6) is 1.72. The quantitative estimate of drug-likeness (QED) is 0.679. The van der Waals surface area contributed by atoms with Crippen LogP contribution < -0.4 is 14.8 Å². The molecule has 0 aliphatic carbocycles. The lowest BCUT2D eigenvalue weighted by Gasteiger charge is -2.10. The molecule has 0 saturated carbocycles. The second kappa shape index (κ2) is 7.70. The number of nitrogens with one attached hydrogen (secondary N) is 1. The van der Waals surface area contributed by atoms with Crippen molar-refractivity contribution in [2.24, 2.45) is 0 Å². The topological polar surface area (TPSA) is 47.6 Å². The summed E-state index contributed by atoms with van der Waals surface area (Å²) in [6.07, 6.45) is 0.860. The van der Waals surface area contributed by atoms with Crippen molar-refractivity contribution in [2.75, 3.05) is 24.3 Å². The summed E-state index contributed by atoms with van der Waals surface area (Å²) in [4.78, 5) is 13.4. The molecule has 0 radical (unpaired) electrons. The average molecular weight is 365 g/mol. The van der Waals surface area contributed by atoms with Crippen molar-refractivity contribution in [3.63, 3.8) is 0 Å². The summed E-state index contributed by atoms with van der Waals surface area (Å²) in [6.45, 7) is 1.28. The van der Waals surface area contributed by atoms with Gasteiger partial charge in [0.2, 0.25) is 5.91 Å². The van der Waals surface area contributed by atoms with Crippen LogP contribution in [0.3, 0.4) is 0 Å². The van der Waals surface area contributed by atoms with Gasteiger partial charge in [-0.05, 0) is 35.0 Å². The number of fused-ring (bicyclic) bond motifs is 2. The van der Waals surface area contributed by atoms with Gasteiger partial charge in [0.05, 0.1) is 19.0 Å². The van der Waals surface area contributed by atoms with E-state index in [0.717, 1.165) is 22.8 Å². The third-order valence-electron chi connectivity index (χ3n) is 4.12. The van der Waals surface area contributed by atoms with Gasteiger partial charge in [0.1, 0.15) is 0 Å². The van der Waals surface area contributed by atoms with E-state index in [1.54, 1.807) is 0 Å². The Hall–Kier alpha value is -2.66. The maximum absolute atomic E-state index is 12.3. The van der Waals surface area contributed by atoms with Crippen LogP contribution in [0.2, 0.25) is 0 Å². The van der Waals surface area contributed by atoms with Crippen molar-refractivity contribution in [3.8, 4) is 11.5 Å². The highest BCUT2D eigenvalue weighted by atomic mass is 32.2. The normalized spacial score (nSPS) is 13.2. The number of amides is 1. The molecule has 0 bridgehead atoms. The van der Waals surface area contributed by atoms with Gasteiger partial charge < -0.3 is 14.8 Å². The Labute approximate surface area is 156 Å². The molecule has 0 fully saturated rings. The number of carbonyl (C=O) groups excluding carboxylic acids is 1. The van der Waals surface area contributed by atoms with Gasteiger partial charge in [0.25, 0.3) is 0 Å². The molecule has 0 atom stereocenters. The third-order valence-corrected chi connectivity index (χ3v) is 5.12. The van der Waals surface area contributed by atoms with Gasteiger partial charge in [0, 0.05) is 23.1 Å². The standard InChI is InChI=1S/C21H19NO3S/c23-21(14-26-18-8-6-15-4-1-2-5-16(15)12-18)22-17-7-9-19-20(13-17)25-11-3-10-24-19/h1-2,4-9,12-13H,3,10-11,14H2,(H,22,23). The van der Waals surface area contributed by atoms with E-state index in [2.05, 4.69) is 29.6 Å². The first-order valence-corrected chi connectivity index (χ1v) is 9.58. The van der Waals surface area contributed by atoms with Crippen LogP contribution in [-0.4, -0.2) is 24.9 Å². The molecule has 1 aliphatic rings. The molecular weight excluding hydrogens is 346 g/mol. The minimum atomic E-state index is -0.0438. The highest BCUT2D eigenvalue weighted by Crippen LogP contribution is 2.32. The minimum absolute atomic E-state index is 0.0438. The molecule has 26 heavy (non-hydrogen) atoms. The Morgan fingerprint density at radius 2 is 1.73 bits per heavy atom. The highest BCUT2D eigenvalue weighted by molar-refractivity contribution is 8.00. The van der Waals surface area contributed by atoms with Crippen LogP contribution in [0.4, 0.5) is 5.69 Å². The molecule has 0 saturated heterocycles. The second-order valence-electron chi connectivity index (χ2n) is 6.06. The van der Waals surface area contributed by atoms with Crippen LogP contribution in [0.25, 0.3) is 10.8 Å². The monoisotopic (exact) mass is 365 g/mol. The third kappa shape index (κ3) is 3.94. The van der Waals surface area contributed by atoms with E-state index < -0.39 is 0 Å². The Bertz CT molecular complexity index is 941. The van der Waals surface area contributed by atoms with Gasteiger partial charge in [-0.1, -0.05) is 30.3 Å². The molecule has 3 aromatic carbocycles. The Kier molecular flexibility index (Phi) is 4.97. The van der Waals surface area contributed by atoms with Crippen molar-refractivity contribution < 1.29 is 14.3 Å². The average Bonchev–Trinajstić information content (AvgIpc) is 2.91. The second-order valence-corrected chi connectivity index (χ2v) is 7.11. The number of ether oxygens (including phenoxy) is 2. The van der Waals surface area contributed by atoms with Gasteiger partial charge in [-0.3, -0.25) is 4.79 Å². The zero-order valence-electron chi connectivity index (χ0n) is 14.2. The van der Waals surface area contributed by atoms with Crippen LogP contribution in [0.5, 0.6) is 11.5 Å².